The molecule has 2 aromatic rings. The molecular formula is C19H19Cl2N3O6S. The number of hydrogen-bond donors (Lipinski definition) is 1. The number of esters is 1. The zero-order valence-electron chi connectivity index (χ0n) is 16.5. The number of carbonyl (C=O) groups is 2. The van der Waals surface area contributed by atoms with E-state index in [0.717, 1.165) is 10.6 Å². The van der Waals surface area contributed by atoms with Crippen LogP contribution in [0.2, 0.25) is 10.0 Å². The van der Waals surface area contributed by atoms with Gasteiger partial charge in [0.05, 0.1) is 30.3 Å². The van der Waals surface area contributed by atoms with Crippen molar-refractivity contribution < 1.29 is 27.5 Å². The average Bonchev–Trinajstić information content (AvgIpc) is 2.72. The molecule has 166 valence electrons. The quantitative estimate of drug-likeness (QED) is 0.330. The molecule has 0 fully saturated rings. The summed E-state index contributed by atoms with van der Waals surface area (Å²) >= 11 is 12.0. The highest BCUT2D eigenvalue weighted by molar-refractivity contribution is 7.92. The second-order valence-corrected chi connectivity index (χ2v) is 8.84. The first-order valence-electron chi connectivity index (χ1n) is 8.64. The second-order valence-electron chi connectivity index (χ2n) is 6.09. The molecule has 0 aliphatic carbocycles. The van der Waals surface area contributed by atoms with E-state index in [1.165, 1.54) is 31.5 Å². The van der Waals surface area contributed by atoms with Crippen LogP contribution in [0.1, 0.15) is 5.56 Å². The van der Waals surface area contributed by atoms with E-state index in [1.807, 2.05) is 0 Å². The molecule has 0 atom stereocenters. The molecule has 2 rings (SSSR count). The molecule has 0 saturated heterocycles. The third kappa shape index (κ3) is 7.74. The van der Waals surface area contributed by atoms with Gasteiger partial charge in [-0.05, 0) is 48.0 Å². The van der Waals surface area contributed by atoms with Crippen molar-refractivity contribution in [3.63, 3.8) is 0 Å². The van der Waals surface area contributed by atoms with Gasteiger partial charge in [-0.1, -0.05) is 23.2 Å². The van der Waals surface area contributed by atoms with Crippen LogP contribution in [-0.2, 0) is 24.3 Å². The van der Waals surface area contributed by atoms with Crippen LogP contribution in [0.5, 0.6) is 5.75 Å². The minimum Gasteiger partial charge on any atom is -0.482 e. The van der Waals surface area contributed by atoms with Gasteiger partial charge in [-0.15, -0.1) is 0 Å². The lowest BCUT2D eigenvalue weighted by atomic mass is 10.2. The maximum atomic E-state index is 12.2. The van der Waals surface area contributed by atoms with Crippen molar-refractivity contribution in [1.29, 1.82) is 0 Å². The van der Waals surface area contributed by atoms with Crippen molar-refractivity contribution in [1.82, 2.24) is 5.43 Å². The monoisotopic (exact) mass is 487 g/mol. The Bertz CT molecular complexity index is 1070. The number of ether oxygens (including phenoxy) is 2. The molecule has 0 aromatic heterocycles. The van der Waals surface area contributed by atoms with E-state index < -0.39 is 28.4 Å². The van der Waals surface area contributed by atoms with Gasteiger partial charge in [0.15, 0.2) is 6.61 Å². The largest absolute Gasteiger partial charge is 0.482 e. The lowest BCUT2D eigenvalue weighted by Gasteiger charge is -2.22. The third-order valence-electron chi connectivity index (χ3n) is 3.73. The van der Waals surface area contributed by atoms with Crippen LogP contribution < -0.4 is 14.5 Å². The highest BCUT2D eigenvalue weighted by Gasteiger charge is 2.23. The molecule has 0 unspecified atom stereocenters. The van der Waals surface area contributed by atoms with Crippen molar-refractivity contribution in [2.75, 3.05) is 30.8 Å². The van der Waals surface area contributed by atoms with Crippen LogP contribution in [0.4, 0.5) is 5.69 Å². The fraction of sp³-hybridized carbons (Fsp3) is 0.211. The lowest BCUT2D eigenvalue weighted by molar-refractivity contribution is -0.142. The Labute approximate surface area is 189 Å². The molecule has 0 aliphatic heterocycles. The maximum Gasteiger partial charge on any atom is 0.343 e. The number of nitrogens with one attached hydrogen (secondary N) is 1. The molecule has 0 bridgehead atoms. The zero-order valence-corrected chi connectivity index (χ0v) is 18.9. The molecule has 0 spiro atoms. The topological polar surface area (TPSA) is 114 Å². The number of hydrogen-bond acceptors (Lipinski definition) is 7. The molecule has 2 aromatic carbocycles. The van der Waals surface area contributed by atoms with Crippen molar-refractivity contribution >= 4 is 57.0 Å². The van der Waals surface area contributed by atoms with Crippen LogP contribution >= 0.6 is 23.2 Å². The number of methoxy groups -OCH3 is 1. The Balaban J connectivity index is 2.00. The van der Waals surface area contributed by atoms with E-state index in [1.54, 1.807) is 24.3 Å². The number of benzene rings is 2. The van der Waals surface area contributed by atoms with Gasteiger partial charge in [0.1, 0.15) is 12.3 Å². The number of nitrogens with zero attached hydrogens (tertiary/aromatic N) is 2. The number of rotatable bonds is 9. The Morgan fingerprint density at radius 2 is 1.84 bits per heavy atom. The summed E-state index contributed by atoms with van der Waals surface area (Å²) in [5, 5.41) is 4.20. The van der Waals surface area contributed by atoms with Crippen molar-refractivity contribution in [3.8, 4) is 5.75 Å². The minimum atomic E-state index is -3.82. The molecule has 0 saturated carbocycles. The first-order valence-corrected chi connectivity index (χ1v) is 11.2. The summed E-state index contributed by atoms with van der Waals surface area (Å²) in [7, 11) is -2.55. The van der Waals surface area contributed by atoms with E-state index in [2.05, 4.69) is 15.3 Å². The van der Waals surface area contributed by atoms with Gasteiger partial charge < -0.3 is 9.47 Å². The van der Waals surface area contributed by atoms with Gasteiger partial charge in [-0.2, -0.15) is 5.10 Å². The highest BCUT2D eigenvalue weighted by atomic mass is 35.5. The van der Waals surface area contributed by atoms with Crippen molar-refractivity contribution in [3.05, 3.63) is 58.1 Å². The summed E-state index contributed by atoms with van der Waals surface area (Å²) in [6.45, 7) is -0.760. The van der Waals surface area contributed by atoms with Crippen LogP contribution in [0.25, 0.3) is 0 Å². The minimum absolute atomic E-state index is 0.0818. The Kier molecular flexibility index (Phi) is 8.66. The van der Waals surface area contributed by atoms with Crippen LogP contribution in [0.15, 0.2) is 47.6 Å². The molecular weight excluding hydrogens is 469 g/mol. The Hall–Kier alpha value is -2.82. The van der Waals surface area contributed by atoms with Crippen molar-refractivity contribution in [2.24, 2.45) is 5.10 Å². The van der Waals surface area contributed by atoms with Gasteiger partial charge in [0.2, 0.25) is 10.0 Å². The van der Waals surface area contributed by atoms with E-state index in [-0.39, 0.29) is 22.3 Å². The summed E-state index contributed by atoms with van der Waals surface area (Å²) in [6, 6.07) is 10.8. The number of anilines is 1. The number of hydrazone groups is 1. The third-order valence-corrected chi connectivity index (χ3v) is 5.41. The maximum absolute atomic E-state index is 12.2. The fourth-order valence-corrected chi connectivity index (χ4v) is 3.55. The second kappa shape index (κ2) is 11.0. The molecule has 1 N–H and O–H groups in total. The lowest BCUT2D eigenvalue weighted by Crippen LogP contribution is -2.39. The highest BCUT2D eigenvalue weighted by Crippen LogP contribution is 2.30. The fourth-order valence-electron chi connectivity index (χ4n) is 2.25. The summed E-state index contributed by atoms with van der Waals surface area (Å²) < 4.78 is 34.8. The molecule has 0 radical (unpaired) electrons. The summed E-state index contributed by atoms with van der Waals surface area (Å²) in [5.41, 5.74) is 2.97. The Morgan fingerprint density at radius 3 is 2.45 bits per heavy atom. The smallest absolute Gasteiger partial charge is 0.343 e. The molecule has 9 nitrogen and oxygen atoms in total. The van der Waals surface area contributed by atoms with Crippen LogP contribution in [0.3, 0.4) is 0 Å². The van der Waals surface area contributed by atoms with E-state index in [9.17, 15) is 18.0 Å². The van der Waals surface area contributed by atoms with Gasteiger partial charge >= 0.3 is 5.97 Å². The first-order chi connectivity index (χ1) is 14.6. The average molecular weight is 488 g/mol. The van der Waals surface area contributed by atoms with Crippen molar-refractivity contribution in [2.45, 2.75) is 0 Å². The summed E-state index contributed by atoms with van der Waals surface area (Å²) in [5.74, 6) is -0.736. The summed E-state index contributed by atoms with van der Waals surface area (Å²) in [6.07, 6.45) is 2.31. The number of carbonyl (C=O) groups excluding carboxylic acids is 2. The van der Waals surface area contributed by atoms with Gasteiger partial charge in [-0.3, -0.25) is 9.10 Å². The number of halogens is 2. The standard InChI is InChI=1S/C19H19Cl2N3O6S/c1-29-19(26)12-30-15-6-3-13(4-7-15)10-22-23-18(25)11-24(31(2,27)28)17-9-14(20)5-8-16(17)21/h3-10H,11-12H2,1-2H3,(H,23,25)/b22-10-. The molecule has 31 heavy (non-hydrogen) atoms. The van der Waals surface area contributed by atoms with Crippen LogP contribution in [-0.4, -0.2) is 53.0 Å². The van der Waals surface area contributed by atoms with Crippen LogP contribution in [0, 0.1) is 0 Å². The number of amides is 1. The predicted octanol–water partition coefficient (Wildman–Crippen LogP) is 2.46. The molecule has 0 aliphatic rings. The number of sulfonamides is 1. The molecule has 0 heterocycles. The zero-order chi connectivity index (χ0) is 23.0. The SMILES string of the molecule is COC(=O)COc1ccc(/C=N\NC(=O)CN(c2cc(Cl)ccc2Cl)S(C)(=O)=O)cc1. The molecule has 12 heteroatoms. The predicted molar refractivity (Wildman–Crippen MR) is 118 cm³/mol. The summed E-state index contributed by atoms with van der Waals surface area (Å²) in [4.78, 5) is 23.3. The Morgan fingerprint density at radius 1 is 1.16 bits per heavy atom. The van der Waals surface area contributed by atoms with Gasteiger partial charge in [-0.25, -0.2) is 18.6 Å². The molecule has 1 amide bonds. The van der Waals surface area contributed by atoms with E-state index in [0.29, 0.717) is 11.3 Å². The first kappa shape index (κ1) is 24.4. The van der Waals surface area contributed by atoms with E-state index >= 15 is 0 Å². The van der Waals surface area contributed by atoms with Gasteiger partial charge in [0, 0.05) is 5.02 Å². The van der Waals surface area contributed by atoms with Gasteiger partial charge in [0.25, 0.3) is 5.91 Å². The normalized spacial score (nSPS) is 11.2. The van der Waals surface area contributed by atoms with E-state index in [4.69, 9.17) is 27.9 Å².